The molecule has 0 bridgehead atoms. The van der Waals surface area contributed by atoms with Gasteiger partial charge in [0, 0.05) is 28.5 Å². The van der Waals surface area contributed by atoms with Gasteiger partial charge in [0.05, 0.1) is 23.3 Å². The van der Waals surface area contributed by atoms with Crippen LogP contribution >= 0.6 is 23.2 Å². The van der Waals surface area contributed by atoms with E-state index in [0.717, 1.165) is 12.1 Å². The van der Waals surface area contributed by atoms with Gasteiger partial charge in [-0.1, -0.05) is 35.3 Å². The quantitative estimate of drug-likeness (QED) is 0.686. The lowest BCUT2D eigenvalue weighted by Crippen LogP contribution is -2.06. The first-order valence-electron chi connectivity index (χ1n) is 7.41. The van der Waals surface area contributed by atoms with E-state index in [-0.39, 0.29) is 19.6 Å². The van der Waals surface area contributed by atoms with Crippen molar-refractivity contribution in [2.75, 3.05) is 6.61 Å². The standard InChI is InChI=1S/C17H13Cl2F3N2O/c18-12-3-1-10(14(19)8-12)9-24-16-7-11(17(20,21)22)2-4-13(16)15(23-24)5-6-25/h1-4,7-8,25H,5-6,9H2. The summed E-state index contributed by atoms with van der Waals surface area (Å²) in [5.41, 5.74) is 0.808. The molecule has 3 nitrogen and oxygen atoms in total. The highest BCUT2D eigenvalue weighted by Crippen LogP contribution is 2.33. The zero-order chi connectivity index (χ0) is 18.2. The molecule has 0 fully saturated rings. The average molecular weight is 389 g/mol. The molecule has 0 spiro atoms. The van der Waals surface area contributed by atoms with Crippen molar-refractivity contribution >= 4 is 34.1 Å². The van der Waals surface area contributed by atoms with Crippen LogP contribution in [0.4, 0.5) is 13.2 Å². The van der Waals surface area contributed by atoms with Crippen LogP contribution < -0.4 is 0 Å². The van der Waals surface area contributed by atoms with Gasteiger partial charge in [0.2, 0.25) is 0 Å². The Labute approximate surface area is 151 Å². The van der Waals surface area contributed by atoms with E-state index in [0.29, 0.717) is 32.2 Å². The molecule has 0 aliphatic heterocycles. The number of alkyl halides is 3. The molecule has 3 rings (SSSR count). The number of fused-ring (bicyclic) bond motifs is 1. The molecule has 25 heavy (non-hydrogen) atoms. The molecule has 1 heterocycles. The van der Waals surface area contributed by atoms with Crippen molar-refractivity contribution in [3.63, 3.8) is 0 Å². The van der Waals surface area contributed by atoms with Gasteiger partial charge in [0.1, 0.15) is 0 Å². The van der Waals surface area contributed by atoms with E-state index in [9.17, 15) is 18.3 Å². The minimum atomic E-state index is -4.45. The van der Waals surface area contributed by atoms with Crippen molar-refractivity contribution in [1.82, 2.24) is 9.78 Å². The fourth-order valence-corrected chi connectivity index (χ4v) is 3.11. The highest BCUT2D eigenvalue weighted by Gasteiger charge is 2.31. The smallest absolute Gasteiger partial charge is 0.396 e. The summed E-state index contributed by atoms with van der Waals surface area (Å²) in [6, 6.07) is 8.40. The SMILES string of the molecule is OCCc1nn(Cc2ccc(Cl)cc2Cl)c2cc(C(F)(F)F)ccc12. The molecule has 0 unspecified atom stereocenters. The zero-order valence-corrected chi connectivity index (χ0v) is 14.3. The van der Waals surface area contributed by atoms with Crippen LogP contribution in [0.15, 0.2) is 36.4 Å². The van der Waals surface area contributed by atoms with Gasteiger partial charge >= 0.3 is 6.18 Å². The monoisotopic (exact) mass is 388 g/mol. The van der Waals surface area contributed by atoms with E-state index in [1.165, 1.54) is 10.7 Å². The van der Waals surface area contributed by atoms with Crippen molar-refractivity contribution < 1.29 is 18.3 Å². The average Bonchev–Trinajstić information content (AvgIpc) is 2.87. The Morgan fingerprint density at radius 3 is 2.48 bits per heavy atom. The Hall–Kier alpha value is -1.76. The van der Waals surface area contributed by atoms with Crippen LogP contribution in [0.1, 0.15) is 16.8 Å². The molecule has 132 valence electrons. The van der Waals surface area contributed by atoms with Gasteiger partial charge in [-0.3, -0.25) is 4.68 Å². The van der Waals surface area contributed by atoms with E-state index < -0.39 is 11.7 Å². The predicted octanol–water partition coefficient (Wildman–Crippen LogP) is 4.95. The Morgan fingerprint density at radius 2 is 1.84 bits per heavy atom. The minimum absolute atomic E-state index is 0.144. The molecule has 3 aromatic rings. The van der Waals surface area contributed by atoms with E-state index in [1.54, 1.807) is 18.2 Å². The van der Waals surface area contributed by atoms with Crippen LogP contribution in [0.2, 0.25) is 10.0 Å². The summed E-state index contributed by atoms with van der Waals surface area (Å²) >= 11 is 12.0. The second-order valence-electron chi connectivity index (χ2n) is 5.54. The number of hydrogen-bond donors (Lipinski definition) is 1. The lowest BCUT2D eigenvalue weighted by Gasteiger charge is -2.09. The largest absolute Gasteiger partial charge is 0.416 e. The Bertz CT molecular complexity index is 922. The van der Waals surface area contributed by atoms with Crippen LogP contribution in [0.3, 0.4) is 0 Å². The highest BCUT2D eigenvalue weighted by atomic mass is 35.5. The molecule has 0 saturated carbocycles. The number of halogens is 5. The topological polar surface area (TPSA) is 38.1 Å². The fourth-order valence-electron chi connectivity index (χ4n) is 2.64. The Balaban J connectivity index is 2.12. The van der Waals surface area contributed by atoms with E-state index >= 15 is 0 Å². The third kappa shape index (κ3) is 3.76. The number of aliphatic hydroxyl groups is 1. The number of benzene rings is 2. The summed E-state index contributed by atoms with van der Waals surface area (Å²) in [4.78, 5) is 0. The summed E-state index contributed by atoms with van der Waals surface area (Å²) in [6.45, 7) is 0.0497. The van der Waals surface area contributed by atoms with Crippen molar-refractivity contribution in [2.24, 2.45) is 0 Å². The lowest BCUT2D eigenvalue weighted by atomic mass is 10.1. The van der Waals surface area contributed by atoms with Gasteiger partial charge in [-0.15, -0.1) is 0 Å². The number of nitrogens with zero attached hydrogens (tertiary/aromatic N) is 2. The summed E-state index contributed by atoms with van der Waals surface area (Å²) in [5.74, 6) is 0. The van der Waals surface area contributed by atoms with Crippen molar-refractivity contribution in [3.05, 3.63) is 63.3 Å². The molecular weight excluding hydrogens is 376 g/mol. The number of rotatable bonds is 4. The fraction of sp³-hybridized carbons (Fsp3) is 0.235. The van der Waals surface area contributed by atoms with E-state index in [4.69, 9.17) is 23.2 Å². The molecule has 8 heteroatoms. The predicted molar refractivity (Wildman–Crippen MR) is 91.1 cm³/mol. The van der Waals surface area contributed by atoms with Crippen LogP contribution in [-0.4, -0.2) is 21.5 Å². The maximum Gasteiger partial charge on any atom is 0.416 e. The van der Waals surface area contributed by atoms with Crippen molar-refractivity contribution in [1.29, 1.82) is 0 Å². The van der Waals surface area contributed by atoms with Crippen LogP contribution in [-0.2, 0) is 19.1 Å². The van der Waals surface area contributed by atoms with Crippen molar-refractivity contribution in [2.45, 2.75) is 19.1 Å². The first-order chi connectivity index (χ1) is 11.8. The molecular formula is C17H13Cl2F3N2O. The highest BCUT2D eigenvalue weighted by molar-refractivity contribution is 6.35. The normalized spacial score (nSPS) is 12.1. The number of aromatic nitrogens is 2. The first kappa shape index (κ1) is 18.0. The van der Waals surface area contributed by atoms with Gasteiger partial charge < -0.3 is 5.11 Å². The van der Waals surface area contributed by atoms with Crippen molar-refractivity contribution in [3.8, 4) is 0 Å². The maximum atomic E-state index is 13.0. The van der Waals surface area contributed by atoms with Gasteiger partial charge in [0.25, 0.3) is 0 Å². The molecule has 0 radical (unpaired) electrons. The van der Waals surface area contributed by atoms with Crippen LogP contribution in [0.5, 0.6) is 0 Å². The Kier molecular flexibility index (Phi) is 4.95. The zero-order valence-electron chi connectivity index (χ0n) is 12.8. The molecule has 0 amide bonds. The van der Waals surface area contributed by atoms with E-state index in [2.05, 4.69) is 5.10 Å². The first-order valence-corrected chi connectivity index (χ1v) is 8.16. The molecule has 1 N–H and O–H groups in total. The van der Waals surface area contributed by atoms with Gasteiger partial charge in [-0.05, 0) is 29.8 Å². The molecule has 2 aromatic carbocycles. The van der Waals surface area contributed by atoms with E-state index in [1.807, 2.05) is 0 Å². The number of aliphatic hydroxyl groups excluding tert-OH is 1. The van der Waals surface area contributed by atoms with Gasteiger partial charge in [0.15, 0.2) is 0 Å². The molecule has 0 aliphatic rings. The maximum absolute atomic E-state index is 13.0. The van der Waals surface area contributed by atoms with Crippen LogP contribution in [0.25, 0.3) is 10.9 Å². The summed E-state index contributed by atoms with van der Waals surface area (Å²) < 4.78 is 40.6. The Morgan fingerprint density at radius 1 is 1.08 bits per heavy atom. The molecule has 1 aromatic heterocycles. The third-order valence-corrected chi connectivity index (χ3v) is 4.43. The minimum Gasteiger partial charge on any atom is -0.396 e. The molecule has 0 atom stereocenters. The third-order valence-electron chi connectivity index (χ3n) is 3.84. The van der Waals surface area contributed by atoms with Gasteiger partial charge in [-0.25, -0.2) is 0 Å². The summed E-state index contributed by atoms with van der Waals surface area (Å²) in [6.07, 6.45) is -4.19. The van der Waals surface area contributed by atoms with Crippen LogP contribution in [0, 0.1) is 0 Å². The lowest BCUT2D eigenvalue weighted by molar-refractivity contribution is -0.137. The summed E-state index contributed by atoms with van der Waals surface area (Å²) in [5, 5.41) is 15.0. The second kappa shape index (κ2) is 6.86. The summed E-state index contributed by atoms with van der Waals surface area (Å²) in [7, 11) is 0. The van der Waals surface area contributed by atoms with Gasteiger partial charge in [-0.2, -0.15) is 18.3 Å². The molecule has 0 saturated heterocycles. The number of hydrogen-bond acceptors (Lipinski definition) is 2. The molecule has 0 aliphatic carbocycles. The second-order valence-corrected chi connectivity index (χ2v) is 6.39.